The number of thioether (sulfide) groups is 1. The van der Waals surface area contributed by atoms with Gasteiger partial charge < -0.3 is 0 Å². The number of ketones is 1. The fourth-order valence-electron chi connectivity index (χ4n) is 1.26. The van der Waals surface area contributed by atoms with E-state index in [4.69, 9.17) is 0 Å². The van der Waals surface area contributed by atoms with Gasteiger partial charge in [-0.1, -0.05) is 12.1 Å². The molecule has 0 saturated heterocycles. The summed E-state index contributed by atoms with van der Waals surface area (Å²) in [4.78, 5) is 11.2. The molecule has 0 fully saturated rings. The molecule has 0 amide bonds. The highest BCUT2D eigenvalue weighted by molar-refractivity contribution is 7.99. The van der Waals surface area contributed by atoms with E-state index in [1.165, 1.54) is 30.8 Å². The van der Waals surface area contributed by atoms with Crippen LogP contribution < -0.4 is 0 Å². The second-order valence-electron chi connectivity index (χ2n) is 3.68. The number of hydrogen-bond acceptors (Lipinski definition) is 2. The first-order chi connectivity index (χ1) is 8.39. The Morgan fingerprint density at radius 2 is 2.11 bits per heavy atom. The Bertz CT molecular complexity index is 438. The summed E-state index contributed by atoms with van der Waals surface area (Å²) in [7, 11) is 0. The van der Waals surface area contributed by atoms with Gasteiger partial charge in [-0.2, -0.15) is 13.2 Å². The van der Waals surface area contributed by atoms with E-state index in [1.807, 2.05) is 0 Å². The number of halogens is 3. The summed E-state index contributed by atoms with van der Waals surface area (Å²) in [6, 6.07) is 5.24. The van der Waals surface area contributed by atoms with Gasteiger partial charge in [-0.3, -0.25) is 4.79 Å². The zero-order chi connectivity index (χ0) is 13.6. The minimum absolute atomic E-state index is 0.0286. The van der Waals surface area contributed by atoms with Crippen LogP contribution in [0.1, 0.15) is 18.9 Å². The highest BCUT2D eigenvalue weighted by atomic mass is 32.2. The molecule has 0 aliphatic heterocycles. The number of allylic oxidation sites excluding steroid dienone is 2. The molecule has 0 radical (unpaired) electrons. The normalized spacial score (nSPS) is 12.0. The minimum Gasteiger partial charge on any atom is -0.295 e. The highest BCUT2D eigenvalue weighted by Crippen LogP contribution is 2.31. The first kappa shape index (κ1) is 14.8. The van der Waals surface area contributed by atoms with Crippen molar-refractivity contribution in [3.05, 3.63) is 42.0 Å². The number of benzene rings is 1. The third-order valence-corrected chi connectivity index (χ3v) is 3.09. The summed E-state index contributed by atoms with van der Waals surface area (Å²) in [6.45, 7) is 1.45. The van der Waals surface area contributed by atoms with Gasteiger partial charge in [0.1, 0.15) is 0 Å². The molecule has 0 aromatic heterocycles. The van der Waals surface area contributed by atoms with E-state index in [9.17, 15) is 18.0 Å². The zero-order valence-electron chi connectivity index (χ0n) is 9.83. The maximum Gasteiger partial charge on any atom is 0.416 e. The van der Waals surface area contributed by atoms with Gasteiger partial charge in [0, 0.05) is 10.6 Å². The summed E-state index contributed by atoms with van der Waals surface area (Å²) >= 11 is 1.34. The Balaban J connectivity index is 2.51. The lowest BCUT2D eigenvalue weighted by Gasteiger charge is -2.07. The molecule has 1 aromatic carbocycles. The van der Waals surface area contributed by atoms with Gasteiger partial charge in [-0.15, -0.1) is 11.8 Å². The Morgan fingerprint density at radius 1 is 1.39 bits per heavy atom. The molecule has 18 heavy (non-hydrogen) atoms. The Hall–Kier alpha value is -1.23. The molecule has 0 bridgehead atoms. The van der Waals surface area contributed by atoms with E-state index >= 15 is 0 Å². The molecule has 1 aromatic rings. The van der Waals surface area contributed by atoms with Gasteiger partial charge in [0.2, 0.25) is 0 Å². The number of carbonyl (C=O) groups is 1. The molecular weight excluding hydrogens is 261 g/mol. The van der Waals surface area contributed by atoms with Crippen LogP contribution in [0.2, 0.25) is 0 Å². The number of rotatable bonds is 5. The van der Waals surface area contributed by atoms with Crippen molar-refractivity contribution in [2.75, 3.05) is 5.75 Å². The molecule has 0 unspecified atom stereocenters. The minimum atomic E-state index is -4.30. The van der Waals surface area contributed by atoms with Crippen molar-refractivity contribution in [3.8, 4) is 0 Å². The summed E-state index contributed by atoms with van der Waals surface area (Å²) in [5.41, 5.74) is -0.633. The largest absolute Gasteiger partial charge is 0.416 e. The standard InChI is InChI=1S/C13H13F3OS/c1-10(17)5-2-3-8-18-12-7-4-6-11(9-12)13(14,15)16/h2,4-7,9H,3,8H2,1H3/b5-2+. The van der Waals surface area contributed by atoms with Crippen LogP contribution in [0.4, 0.5) is 13.2 Å². The van der Waals surface area contributed by atoms with E-state index in [2.05, 4.69) is 0 Å². The first-order valence-electron chi connectivity index (χ1n) is 5.37. The van der Waals surface area contributed by atoms with Gasteiger partial charge in [0.15, 0.2) is 5.78 Å². The van der Waals surface area contributed by atoms with Gasteiger partial charge in [0.25, 0.3) is 0 Å². The van der Waals surface area contributed by atoms with Crippen molar-refractivity contribution in [2.24, 2.45) is 0 Å². The van der Waals surface area contributed by atoms with E-state index in [1.54, 1.807) is 12.1 Å². The second-order valence-corrected chi connectivity index (χ2v) is 4.84. The molecule has 5 heteroatoms. The summed E-state index contributed by atoms with van der Waals surface area (Å²) in [5, 5.41) is 0. The summed E-state index contributed by atoms with van der Waals surface area (Å²) in [6.07, 6.45) is -0.457. The second kappa shape index (κ2) is 6.64. The average Bonchev–Trinajstić information content (AvgIpc) is 2.27. The Kier molecular flexibility index (Phi) is 5.47. The van der Waals surface area contributed by atoms with Crippen LogP contribution in [0.3, 0.4) is 0 Å². The van der Waals surface area contributed by atoms with Crippen molar-refractivity contribution in [1.82, 2.24) is 0 Å². The average molecular weight is 274 g/mol. The van der Waals surface area contributed by atoms with Crippen LogP contribution in [0, 0.1) is 0 Å². The SMILES string of the molecule is CC(=O)/C=C/CCSc1cccc(C(F)(F)F)c1. The maximum atomic E-state index is 12.4. The molecular formula is C13H13F3OS. The van der Waals surface area contributed by atoms with Gasteiger partial charge in [0.05, 0.1) is 5.56 Å². The lowest BCUT2D eigenvalue weighted by Crippen LogP contribution is -2.04. The third kappa shape index (κ3) is 5.40. The first-order valence-corrected chi connectivity index (χ1v) is 6.35. The molecule has 0 saturated carbocycles. The topological polar surface area (TPSA) is 17.1 Å². The smallest absolute Gasteiger partial charge is 0.295 e. The molecule has 0 atom stereocenters. The van der Waals surface area contributed by atoms with Crippen molar-refractivity contribution in [2.45, 2.75) is 24.4 Å². The number of alkyl halides is 3. The summed E-state index contributed by atoms with van der Waals surface area (Å²) < 4.78 is 37.3. The van der Waals surface area contributed by atoms with E-state index in [-0.39, 0.29) is 5.78 Å². The fourth-order valence-corrected chi connectivity index (χ4v) is 2.13. The van der Waals surface area contributed by atoms with Crippen LogP contribution in [0.5, 0.6) is 0 Å². The maximum absolute atomic E-state index is 12.4. The highest BCUT2D eigenvalue weighted by Gasteiger charge is 2.30. The molecule has 0 aliphatic carbocycles. The van der Waals surface area contributed by atoms with Gasteiger partial charge in [-0.25, -0.2) is 0 Å². The lowest BCUT2D eigenvalue weighted by atomic mass is 10.2. The van der Waals surface area contributed by atoms with Crippen molar-refractivity contribution in [3.63, 3.8) is 0 Å². The van der Waals surface area contributed by atoms with Crippen LogP contribution in [0.15, 0.2) is 41.3 Å². The molecule has 0 N–H and O–H groups in total. The molecule has 0 spiro atoms. The lowest BCUT2D eigenvalue weighted by molar-refractivity contribution is -0.137. The van der Waals surface area contributed by atoms with Crippen LogP contribution in [-0.4, -0.2) is 11.5 Å². The van der Waals surface area contributed by atoms with Crippen molar-refractivity contribution < 1.29 is 18.0 Å². The fraction of sp³-hybridized carbons (Fsp3) is 0.308. The molecule has 1 nitrogen and oxygen atoms in total. The molecule has 0 aliphatic rings. The molecule has 1 rings (SSSR count). The van der Waals surface area contributed by atoms with Crippen LogP contribution in [0.25, 0.3) is 0 Å². The van der Waals surface area contributed by atoms with E-state index in [0.717, 1.165) is 12.1 Å². The van der Waals surface area contributed by atoms with E-state index in [0.29, 0.717) is 17.1 Å². The number of hydrogen-bond donors (Lipinski definition) is 0. The van der Waals surface area contributed by atoms with Crippen LogP contribution >= 0.6 is 11.8 Å². The predicted octanol–water partition coefficient (Wildman–Crippen LogP) is 4.33. The van der Waals surface area contributed by atoms with Crippen LogP contribution in [-0.2, 0) is 11.0 Å². The van der Waals surface area contributed by atoms with Gasteiger partial charge in [-0.05, 0) is 37.6 Å². The van der Waals surface area contributed by atoms with Gasteiger partial charge >= 0.3 is 6.18 Å². The Morgan fingerprint density at radius 3 is 2.72 bits per heavy atom. The van der Waals surface area contributed by atoms with Crippen molar-refractivity contribution in [1.29, 1.82) is 0 Å². The molecule has 0 heterocycles. The monoisotopic (exact) mass is 274 g/mol. The zero-order valence-corrected chi connectivity index (χ0v) is 10.6. The quantitative estimate of drug-likeness (QED) is 0.451. The Labute approximate surface area is 108 Å². The van der Waals surface area contributed by atoms with Crippen molar-refractivity contribution >= 4 is 17.5 Å². The third-order valence-electron chi connectivity index (χ3n) is 2.07. The van der Waals surface area contributed by atoms with E-state index < -0.39 is 11.7 Å². The number of carbonyl (C=O) groups excluding carboxylic acids is 1. The predicted molar refractivity (Wildman–Crippen MR) is 66.6 cm³/mol. The molecule has 98 valence electrons. The summed E-state index contributed by atoms with van der Waals surface area (Å²) in [5.74, 6) is 0.615.